The van der Waals surface area contributed by atoms with Crippen molar-refractivity contribution in [2.24, 2.45) is 0 Å². The quantitative estimate of drug-likeness (QED) is 0.719. The molecule has 1 rings (SSSR count). The van der Waals surface area contributed by atoms with Crippen molar-refractivity contribution >= 4 is 21.9 Å². The van der Waals surface area contributed by atoms with Crippen LogP contribution in [0.1, 0.15) is 42.6 Å². The lowest BCUT2D eigenvalue weighted by Gasteiger charge is -2.23. The van der Waals surface area contributed by atoms with Crippen LogP contribution in [0.4, 0.5) is 0 Å². The molecule has 0 spiro atoms. The average molecular weight is 330 g/mol. The lowest BCUT2D eigenvalue weighted by atomic mass is 10.0. The van der Waals surface area contributed by atoms with E-state index in [0.29, 0.717) is 13.1 Å². The second kappa shape index (κ2) is 7.03. The molecule has 106 valence electrons. The lowest BCUT2D eigenvalue weighted by Crippen LogP contribution is -2.37. The third kappa shape index (κ3) is 5.30. The van der Waals surface area contributed by atoms with Gasteiger partial charge in [0.1, 0.15) is 0 Å². The maximum atomic E-state index is 10.8. The first kappa shape index (κ1) is 16.1. The van der Waals surface area contributed by atoms with Crippen LogP contribution < -0.4 is 5.32 Å². The van der Waals surface area contributed by atoms with E-state index in [9.17, 15) is 9.90 Å². The molecular weight excluding hydrogens is 310 g/mol. The molecule has 0 saturated carbocycles. The second-order valence-corrected chi connectivity index (χ2v) is 5.82. The zero-order valence-corrected chi connectivity index (χ0v) is 12.8. The Morgan fingerprint density at radius 2 is 2.16 bits per heavy atom. The van der Waals surface area contributed by atoms with Crippen molar-refractivity contribution in [3.8, 4) is 0 Å². The Hall–Kier alpha value is -0.910. The number of carboxylic acids is 1. The number of aromatic carboxylic acids is 1. The van der Waals surface area contributed by atoms with Crippen molar-refractivity contribution in [3.63, 3.8) is 0 Å². The summed E-state index contributed by atoms with van der Waals surface area (Å²) in [7, 11) is 0. The number of nitrogens with one attached hydrogen (secondary N) is 1. The van der Waals surface area contributed by atoms with Crippen LogP contribution in [0.2, 0.25) is 0 Å². The third-order valence-corrected chi connectivity index (χ3v) is 3.65. The van der Waals surface area contributed by atoms with Gasteiger partial charge in [0.25, 0.3) is 0 Å². The van der Waals surface area contributed by atoms with Gasteiger partial charge in [0.15, 0.2) is 0 Å². The van der Waals surface area contributed by atoms with E-state index in [0.717, 1.165) is 22.9 Å². The smallest absolute Gasteiger partial charge is 0.335 e. The molecule has 0 aromatic heterocycles. The molecule has 0 aliphatic heterocycles. The van der Waals surface area contributed by atoms with Crippen LogP contribution in [0.25, 0.3) is 0 Å². The first-order valence-electron chi connectivity index (χ1n) is 6.30. The Bertz CT molecular complexity index is 446. The molecular formula is C14H20BrNO3. The third-order valence-electron chi connectivity index (χ3n) is 2.91. The molecule has 1 unspecified atom stereocenters. The van der Waals surface area contributed by atoms with Crippen LogP contribution in [-0.2, 0) is 6.54 Å². The van der Waals surface area contributed by atoms with E-state index in [-0.39, 0.29) is 5.56 Å². The van der Waals surface area contributed by atoms with Gasteiger partial charge in [-0.05, 0) is 31.0 Å². The fourth-order valence-corrected chi connectivity index (χ4v) is 2.44. The molecule has 1 aromatic rings. The Kier molecular flexibility index (Phi) is 5.97. The first-order chi connectivity index (χ1) is 8.85. The van der Waals surface area contributed by atoms with Gasteiger partial charge in [0.2, 0.25) is 0 Å². The van der Waals surface area contributed by atoms with Crippen LogP contribution in [0.5, 0.6) is 0 Å². The number of hydrogen-bond donors (Lipinski definition) is 3. The van der Waals surface area contributed by atoms with Crippen LogP contribution in [-0.4, -0.2) is 28.3 Å². The zero-order valence-electron chi connectivity index (χ0n) is 11.2. The van der Waals surface area contributed by atoms with E-state index in [2.05, 4.69) is 21.2 Å². The Morgan fingerprint density at radius 3 is 2.68 bits per heavy atom. The Labute approximate surface area is 122 Å². The van der Waals surface area contributed by atoms with Gasteiger partial charge in [-0.2, -0.15) is 0 Å². The molecule has 1 atom stereocenters. The fraction of sp³-hybridized carbons (Fsp3) is 0.500. The van der Waals surface area contributed by atoms with Crippen molar-refractivity contribution in [1.29, 1.82) is 0 Å². The van der Waals surface area contributed by atoms with E-state index in [1.54, 1.807) is 18.2 Å². The summed E-state index contributed by atoms with van der Waals surface area (Å²) >= 11 is 3.36. The number of carboxylic acid groups (broad SMARTS) is 1. The lowest BCUT2D eigenvalue weighted by molar-refractivity contribution is 0.0498. The molecule has 0 bridgehead atoms. The second-order valence-electron chi connectivity index (χ2n) is 4.96. The van der Waals surface area contributed by atoms with Gasteiger partial charge < -0.3 is 15.5 Å². The highest BCUT2D eigenvalue weighted by Gasteiger charge is 2.18. The van der Waals surface area contributed by atoms with E-state index in [1.165, 1.54) is 0 Å². The molecule has 0 heterocycles. The monoisotopic (exact) mass is 329 g/mol. The molecule has 3 N–H and O–H groups in total. The number of halogens is 1. The van der Waals surface area contributed by atoms with Gasteiger partial charge in [-0.25, -0.2) is 4.79 Å². The van der Waals surface area contributed by atoms with E-state index in [4.69, 9.17) is 5.11 Å². The van der Waals surface area contributed by atoms with Gasteiger partial charge in [-0.1, -0.05) is 35.3 Å². The molecule has 19 heavy (non-hydrogen) atoms. The zero-order chi connectivity index (χ0) is 14.5. The van der Waals surface area contributed by atoms with Gasteiger partial charge in [0.05, 0.1) is 11.2 Å². The molecule has 1 aromatic carbocycles. The summed E-state index contributed by atoms with van der Waals surface area (Å²) < 4.78 is 0.759. The summed E-state index contributed by atoms with van der Waals surface area (Å²) in [6, 6.07) is 4.94. The molecule has 0 aliphatic carbocycles. The maximum Gasteiger partial charge on any atom is 0.335 e. The summed E-state index contributed by atoms with van der Waals surface area (Å²) in [6.45, 7) is 4.94. The summed E-state index contributed by atoms with van der Waals surface area (Å²) in [5.74, 6) is -0.939. The van der Waals surface area contributed by atoms with Crippen LogP contribution in [0, 0.1) is 0 Å². The highest BCUT2D eigenvalue weighted by atomic mass is 79.9. The van der Waals surface area contributed by atoms with Crippen LogP contribution in [0.3, 0.4) is 0 Å². The van der Waals surface area contributed by atoms with Crippen molar-refractivity contribution in [3.05, 3.63) is 33.8 Å². The van der Waals surface area contributed by atoms with Gasteiger partial charge in [0, 0.05) is 17.6 Å². The van der Waals surface area contributed by atoms with E-state index < -0.39 is 11.6 Å². The minimum atomic E-state index is -0.939. The number of rotatable bonds is 7. The van der Waals surface area contributed by atoms with Gasteiger partial charge in [-0.15, -0.1) is 0 Å². The molecule has 4 nitrogen and oxygen atoms in total. The Morgan fingerprint density at radius 1 is 1.47 bits per heavy atom. The normalized spacial score (nSPS) is 14.1. The average Bonchev–Trinajstić information content (AvgIpc) is 2.30. The molecule has 0 fully saturated rings. The largest absolute Gasteiger partial charge is 0.478 e. The summed E-state index contributed by atoms with van der Waals surface area (Å²) in [4.78, 5) is 10.8. The van der Waals surface area contributed by atoms with E-state index in [1.807, 2.05) is 13.8 Å². The van der Waals surface area contributed by atoms with Crippen molar-refractivity contribution in [2.45, 2.75) is 38.8 Å². The number of benzene rings is 1. The van der Waals surface area contributed by atoms with Crippen LogP contribution in [0.15, 0.2) is 22.7 Å². The Balaban J connectivity index is 2.57. The van der Waals surface area contributed by atoms with Crippen molar-refractivity contribution in [1.82, 2.24) is 5.32 Å². The predicted octanol–water partition coefficient (Wildman–Crippen LogP) is 2.79. The number of hydrogen-bond acceptors (Lipinski definition) is 3. The minimum absolute atomic E-state index is 0.258. The maximum absolute atomic E-state index is 10.8. The molecule has 5 heteroatoms. The molecule has 0 aliphatic rings. The van der Waals surface area contributed by atoms with Gasteiger partial charge in [-0.3, -0.25) is 0 Å². The summed E-state index contributed by atoms with van der Waals surface area (Å²) in [5.41, 5.74) is 0.522. The van der Waals surface area contributed by atoms with Gasteiger partial charge >= 0.3 is 5.97 Å². The highest BCUT2D eigenvalue weighted by molar-refractivity contribution is 9.10. The molecule has 0 radical (unpaired) electrons. The predicted molar refractivity (Wildman–Crippen MR) is 78.3 cm³/mol. The number of carbonyl (C=O) groups is 1. The fourth-order valence-electron chi connectivity index (χ4n) is 1.92. The van der Waals surface area contributed by atoms with Crippen LogP contribution >= 0.6 is 15.9 Å². The highest BCUT2D eigenvalue weighted by Crippen LogP contribution is 2.19. The number of aliphatic hydroxyl groups is 1. The molecule has 0 amide bonds. The standard InChI is InChI=1S/C14H20BrNO3/c1-3-6-14(2,19)9-16-8-11-5-4-10(13(17)18)7-12(11)15/h4-5,7,16,19H,3,6,8-9H2,1-2H3,(H,17,18). The van der Waals surface area contributed by atoms with E-state index >= 15 is 0 Å². The van der Waals surface area contributed by atoms with Crippen molar-refractivity contribution in [2.75, 3.05) is 6.54 Å². The topological polar surface area (TPSA) is 69.6 Å². The minimum Gasteiger partial charge on any atom is -0.478 e. The summed E-state index contributed by atoms with van der Waals surface area (Å²) in [6.07, 6.45) is 1.69. The SMILES string of the molecule is CCCC(C)(O)CNCc1ccc(C(=O)O)cc1Br. The van der Waals surface area contributed by atoms with Crippen molar-refractivity contribution < 1.29 is 15.0 Å². The molecule has 0 saturated heterocycles. The summed E-state index contributed by atoms with van der Waals surface area (Å²) in [5, 5.41) is 22.1. The first-order valence-corrected chi connectivity index (χ1v) is 7.10.